The summed E-state index contributed by atoms with van der Waals surface area (Å²) in [5.41, 5.74) is 0. The van der Waals surface area contributed by atoms with Gasteiger partial charge in [0.05, 0.1) is 0 Å². The maximum Gasteiger partial charge on any atom is 0.281 e. The molecule has 0 aliphatic carbocycles. The van der Waals surface area contributed by atoms with Crippen molar-refractivity contribution in [2.75, 3.05) is 33.2 Å². The molecule has 2 rings (SSSR count). The molecule has 2 saturated heterocycles. The van der Waals surface area contributed by atoms with E-state index in [0.717, 1.165) is 38.5 Å². The molecule has 0 aromatic heterocycles. The standard InChI is InChI=1S/C14H29N3O2S/c1-13(15-2)14-8-7-11-17(12-14)20(18,19)16-9-5-3-4-6-10-16/h13-15H,3-12H2,1-2H3. The highest BCUT2D eigenvalue weighted by molar-refractivity contribution is 7.86. The van der Waals surface area contributed by atoms with Crippen LogP contribution in [0.4, 0.5) is 0 Å². The van der Waals surface area contributed by atoms with Crippen molar-refractivity contribution < 1.29 is 8.42 Å². The number of rotatable bonds is 4. The summed E-state index contributed by atoms with van der Waals surface area (Å²) < 4.78 is 29.0. The average Bonchev–Trinajstić information content (AvgIpc) is 2.76. The van der Waals surface area contributed by atoms with Crippen molar-refractivity contribution in [2.45, 2.75) is 51.5 Å². The Hall–Kier alpha value is -0.170. The fraction of sp³-hybridized carbons (Fsp3) is 1.00. The number of nitrogens with zero attached hydrogens (tertiary/aromatic N) is 2. The minimum atomic E-state index is -3.24. The van der Waals surface area contributed by atoms with Crippen LogP contribution in [0.2, 0.25) is 0 Å². The summed E-state index contributed by atoms with van der Waals surface area (Å²) in [6.45, 7) is 4.90. The molecular weight excluding hydrogens is 274 g/mol. The van der Waals surface area contributed by atoms with Crippen LogP contribution in [0.5, 0.6) is 0 Å². The fourth-order valence-corrected chi connectivity index (χ4v) is 5.05. The monoisotopic (exact) mass is 303 g/mol. The molecule has 0 bridgehead atoms. The van der Waals surface area contributed by atoms with Gasteiger partial charge in [-0.1, -0.05) is 12.8 Å². The van der Waals surface area contributed by atoms with E-state index in [1.807, 2.05) is 7.05 Å². The van der Waals surface area contributed by atoms with Crippen molar-refractivity contribution in [2.24, 2.45) is 5.92 Å². The van der Waals surface area contributed by atoms with Crippen LogP contribution >= 0.6 is 0 Å². The molecule has 2 aliphatic heterocycles. The first kappa shape index (κ1) is 16.2. The Labute approximate surface area is 123 Å². The van der Waals surface area contributed by atoms with Gasteiger partial charge in [-0.05, 0) is 45.6 Å². The molecule has 0 aromatic rings. The molecule has 5 nitrogen and oxygen atoms in total. The summed E-state index contributed by atoms with van der Waals surface area (Å²) in [6.07, 6.45) is 6.42. The third-order valence-corrected chi connectivity index (χ3v) is 6.80. The molecule has 2 fully saturated rings. The SMILES string of the molecule is CNC(C)C1CCCN(S(=O)(=O)N2CCCCCC2)C1. The maximum atomic E-state index is 12.8. The molecule has 0 aromatic carbocycles. The molecule has 0 amide bonds. The molecule has 118 valence electrons. The highest BCUT2D eigenvalue weighted by Gasteiger charge is 2.34. The summed E-state index contributed by atoms with van der Waals surface area (Å²) in [5, 5.41) is 3.26. The minimum absolute atomic E-state index is 0.372. The van der Waals surface area contributed by atoms with E-state index in [1.54, 1.807) is 8.61 Å². The van der Waals surface area contributed by atoms with E-state index in [4.69, 9.17) is 0 Å². The predicted molar refractivity (Wildman–Crippen MR) is 81.8 cm³/mol. The van der Waals surface area contributed by atoms with Crippen molar-refractivity contribution in [1.29, 1.82) is 0 Å². The van der Waals surface area contributed by atoms with Crippen LogP contribution in [-0.4, -0.2) is 56.3 Å². The van der Waals surface area contributed by atoms with E-state index in [9.17, 15) is 8.42 Å². The first-order chi connectivity index (χ1) is 9.55. The quantitative estimate of drug-likeness (QED) is 0.855. The number of hydrogen-bond acceptors (Lipinski definition) is 3. The highest BCUT2D eigenvalue weighted by atomic mass is 32.2. The van der Waals surface area contributed by atoms with Crippen LogP contribution in [0.1, 0.15) is 45.4 Å². The second-order valence-corrected chi connectivity index (χ2v) is 8.09. The minimum Gasteiger partial charge on any atom is -0.317 e. The average molecular weight is 303 g/mol. The largest absolute Gasteiger partial charge is 0.317 e. The Morgan fingerprint density at radius 2 is 1.60 bits per heavy atom. The van der Waals surface area contributed by atoms with E-state index in [0.29, 0.717) is 38.1 Å². The van der Waals surface area contributed by atoms with E-state index < -0.39 is 10.2 Å². The lowest BCUT2D eigenvalue weighted by Gasteiger charge is -2.37. The molecule has 0 spiro atoms. The second-order valence-electron chi connectivity index (χ2n) is 6.16. The summed E-state index contributed by atoms with van der Waals surface area (Å²) in [7, 11) is -1.29. The van der Waals surface area contributed by atoms with Gasteiger partial charge in [0, 0.05) is 32.2 Å². The molecule has 0 saturated carbocycles. The number of nitrogens with one attached hydrogen (secondary N) is 1. The Morgan fingerprint density at radius 3 is 2.20 bits per heavy atom. The van der Waals surface area contributed by atoms with Crippen LogP contribution in [-0.2, 0) is 10.2 Å². The predicted octanol–water partition coefficient (Wildman–Crippen LogP) is 1.43. The molecule has 1 N–H and O–H groups in total. The molecule has 6 heteroatoms. The smallest absolute Gasteiger partial charge is 0.281 e. The van der Waals surface area contributed by atoms with Gasteiger partial charge in [-0.25, -0.2) is 0 Å². The Balaban J connectivity index is 2.04. The van der Waals surface area contributed by atoms with E-state index in [1.165, 1.54) is 0 Å². The van der Waals surface area contributed by atoms with Gasteiger partial charge in [-0.2, -0.15) is 17.0 Å². The number of hydrogen-bond donors (Lipinski definition) is 1. The molecule has 2 atom stereocenters. The van der Waals surface area contributed by atoms with Crippen molar-refractivity contribution in [3.05, 3.63) is 0 Å². The number of piperidine rings is 1. The maximum absolute atomic E-state index is 12.8. The molecule has 0 radical (unpaired) electrons. The lowest BCUT2D eigenvalue weighted by atomic mass is 9.93. The zero-order valence-electron chi connectivity index (χ0n) is 12.8. The van der Waals surface area contributed by atoms with Gasteiger partial charge in [0.25, 0.3) is 10.2 Å². The van der Waals surface area contributed by atoms with Gasteiger partial charge >= 0.3 is 0 Å². The van der Waals surface area contributed by atoms with Gasteiger partial charge in [0.15, 0.2) is 0 Å². The molecule has 2 aliphatic rings. The van der Waals surface area contributed by atoms with E-state index >= 15 is 0 Å². The lowest BCUT2D eigenvalue weighted by molar-refractivity contribution is 0.216. The molecule has 20 heavy (non-hydrogen) atoms. The van der Waals surface area contributed by atoms with Gasteiger partial charge in [0.2, 0.25) is 0 Å². The van der Waals surface area contributed by atoms with Crippen molar-refractivity contribution in [1.82, 2.24) is 13.9 Å². The van der Waals surface area contributed by atoms with Crippen molar-refractivity contribution >= 4 is 10.2 Å². The first-order valence-electron chi connectivity index (χ1n) is 7.98. The molecule has 2 unspecified atom stereocenters. The van der Waals surface area contributed by atoms with E-state index in [2.05, 4.69) is 12.2 Å². The fourth-order valence-electron chi connectivity index (χ4n) is 3.26. The Morgan fingerprint density at radius 1 is 1.00 bits per heavy atom. The van der Waals surface area contributed by atoms with Gasteiger partial charge < -0.3 is 5.32 Å². The normalized spacial score (nSPS) is 29.0. The Kier molecular flexibility index (Phi) is 5.84. The van der Waals surface area contributed by atoms with Crippen molar-refractivity contribution in [3.63, 3.8) is 0 Å². The summed E-state index contributed by atoms with van der Waals surface area (Å²) in [6, 6.07) is 0.372. The summed E-state index contributed by atoms with van der Waals surface area (Å²) >= 11 is 0. The van der Waals surface area contributed by atoms with Crippen molar-refractivity contribution in [3.8, 4) is 0 Å². The van der Waals surface area contributed by atoms with Crippen LogP contribution < -0.4 is 5.32 Å². The summed E-state index contributed by atoms with van der Waals surface area (Å²) in [5.74, 6) is 0.426. The third-order valence-electron chi connectivity index (χ3n) is 4.80. The summed E-state index contributed by atoms with van der Waals surface area (Å²) in [4.78, 5) is 0. The first-order valence-corrected chi connectivity index (χ1v) is 9.38. The second kappa shape index (κ2) is 7.20. The molecular formula is C14H29N3O2S. The van der Waals surface area contributed by atoms with Crippen LogP contribution in [0.3, 0.4) is 0 Å². The lowest BCUT2D eigenvalue weighted by Crippen LogP contribution is -2.51. The highest BCUT2D eigenvalue weighted by Crippen LogP contribution is 2.24. The van der Waals surface area contributed by atoms with E-state index in [-0.39, 0.29) is 0 Å². The third kappa shape index (κ3) is 3.72. The zero-order valence-corrected chi connectivity index (χ0v) is 13.7. The van der Waals surface area contributed by atoms with Gasteiger partial charge in [-0.3, -0.25) is 0 Å². The van der Waals surface area contributed by atoms with Gasteiger partial charge in [-0.15, -0.1) is 0 Å². The van der Waals surface area contributed by atoms with Crippen LogP contribution in [0, 0.1) is 5.92 Å². The topological polar surface area (TPSA) is 52.7 Å². The molecule has 2 heterocycles. The van der Waals surface area contributed by atoms with Crippen LogP contribution in [0.15, 0.2) is 0 Å². The van der Waals surface area contributed by atoms with Crippen LogP contribution in [0.25, 0.3) is 0 Å². The zero-order chi connectivity index (χ0) is 14.6. The van der Waals surface area contributed by atoms with Gasteiger partial charge in [0.1, 0.15) is 0 Å². The Bertz CT molecular complexity index is 391.